The molecule has 1 fully saturated rings. The molecule has 22 heavy (non-hydrogen) atoms. The van der Waals surface area contributed by atoms with Crippen molar-refractivity contribution in [3.63, 3.8) is 0 Å². The van der Waals surface area contributed by atoms with Crippen molar-refractivity contribution in [1.29, 1.82) is 0 Å². The molecule has 1 aliphatic rings. The Hall–Kier alpha value is -2.51. The van der Waals surface area contributed by atoms with Crippen LogP contribution in [0.5, 0.6) is 17.2 Å². The molecule has 0 radical (unpaired) electrons. The third kappa shape index (κ3) is 3.78. The fourth-order valence-corrected chi connectivity index (χ4v) is 2.30. The predicted octanol–water partition coefficient (Wildman–Crippen LogP) is 2.99. The van der Waals surface area contributed by atoms with E-state index in [0.29, 0.717) is 11.8 Å². The number of pyridine rings is 1. The minimum absolute atomic E-state index is 0.297. The molecule has 3 rings (SSSR count). The summed E-state index contributed by atoms with van der Waals surface area (Å²) in [5.74, 6) is 8.61. The van der Waals surface area contributed by atoms with Crippen molar-refractivity contribution < 1.29 is 9.47 Å². The van der Waals surface area contributed by atoms with E-state index in [1.54, 1.807) is 19.5 Å². The summed E-state index contributed by atoms with van der Waals surface area (Å²) in [4.78, 5) is 4.19. The van der Waals surface area contributed by atoms with Crippen molar-refractivity contribution >= 4 is 0 Å². The number of hydrogen-bond acceptors (Lipinski definition) is 4. The maximum absolute atomic E-state index is 5.79. The minimum atomic E-state index is 0.297. The van der Waals surface area contributed by atoms with Gasteiger partial charge in [-0.25, -0.2) is 0 Å². The van der Waals surface area contributed by atoms with Gasteiger partial charge in [0.1, 0.15) is 17.2 Å². The van der Waals surface area contributed by atoms with Gasteiger partial charge in [-0.2, -0.15) is 0 Å². The number of aromatic nitrogens is 1. The van der Waals surface area contributed by atoms with E-state index < -0.39 is 0 Å². The van der Waals surface area contributed by atoms with Gasteiger partial charge in [0.15, 0.2) is 0 Å². The van der Waals surface area contributed by atoms with Crippen molar-refractivity contribution in [2.24, 2.45) is 0 Å². The Morgan fingerprint density at radius 3 is 2.68 bits per heavy atom. The molecular formula is C18H18N2O2. The van der Waals surface area contributed by atoms with Crippen LogP contribution >= 0.6 is 0 Å². The molecule has 1 aromatic carbocycles. The van der Waals surface area contributed by atoms with Gasteiger partial charge in [-0.1, -0.05) is 11.8 Å². The van der Waals surface area contributed by atoms with Crippen molar-refractivity contribution in [2.75, 3.05) is 13.7 Å². The SMILES string of the molecule is COc1ccc(Oc2cncc(C#C[C@@H]3CCCN3)c2)cc1. The average molecular weight is 294 g/mol. The summed E-state index contributed by atoms with van der Waals surface area (Å²) >= 11 is 0. The fraction of sp³-hybridized carbons (Fsp3) is 0.278. The van der Waals surface area contributed by atoms with Gasteiger partial charge in [-0.15, -0.1) is 0 Å². The van der Waals surface area contributed by atoms with Gasteiger partial charge in [0.25, 0.3) is 0 Å². The second-order valence-corrected chi connectivity index (χ2v) is 5.11. The zero-order valence-corrected chi connectivity index (χ0v) is 12.5. The first-order valence-electron chi connectivity index (χ1n) is 7.35. The monoisotopic (exact) mass is 294 g/mol. The highest BCUT2D eigenvalue weighted by molar-refractivity contribution is 5.40. The molecule has 4 nitrogen and oxygen atoms in total. The lowest BCUT2D eigenvalue weighted by molar-refractivity contribution is 0.412. The van der Waals surface area contributed by atoms with Gasteiger partial charge < -0.3 is 14.8 Å². The van der Waals surface area contributed by atoms with Gasteiger partial charge in [0, 0.05) is 11.8 Å². The van der Waals surface area contributed by atoms with E-state index in [-0.39, 0.29) is 0 Å². The predicted molar refractivity (Wildman–Crippen MR) is 85.2 cm³/mol. The molecule has 1 saturated heterocycles. The molecule has 2 heterocycles. The van der Waals surface area contributed by atoms with Crippen LogP contribution in [0.15, 0.2) is 42.7 Å². The number of ether oxygens (including phenoxy) is 2. The van der Waals surface area contributed by atoms with E-state index in [1.165, 1.54) is 6.42 Å². The lowest BCUT2D eigenvalue weighted by atomic mass is 10.2. The molecule has 0 bridgehead atoms. The second-order valence-electron chi connectivity index (χ2n) is 5.11. The summed E-state index contributed by atoms with van der Waals surface area (Å²) in [5.41, 5.74) is 0.861. The fourth-order valence-electron chi connectivity index (χ4n) is 2.30. The molecule has 4 heteroatoms. The Kier molecular flexibility index (Phi) is 4.57. The largest absolute Gasteiger partial charge is 0.497 e. The van der Waals surface area contributed by atoms with Crippen LogP contribution in [0.1, 0.15) is 18.4 Å². The van der Waals surface area contributed by atoms with Crippen molar-refractivity contribution in [2.45, 2.75) is 18.9 Å². The molecule has 1 aromatic heterocycles. The third-order valence-electron chi connectivity index (χ3n) is 3.46. The highest BCUT2D eigenvalue weighted by Gasteiger charge is 2.09. The lowest BCUT2D eigenvalue weighted by Gasteiger charge is -2.06. The first-order chi connectivity index (χ1) is 10.8. The van der Waals surface area contributed by atoms with Crippen LogP contribution in [0.25, 0.3) is 0 Å². The molecule has 112 valence electrons. The molecule has 1 atom stereocenters. The van der Waals surface area contributed by atoms with Gasteiger partial charge in [0.05, 0.1) is 19.3 Å². The third-order valence-corrected chi connectivity index (χ3v) is 3.46. The number of nitrogens with one attached hydrogen (secondary N) is 1. The van der Waals surface area contributed by atoms with Gasteiger partial charge in [0.2, 0.25) is 0 Å². The summed E-state index contributed by atoms with van der Waals surface area (Å²) in [7, 11) is 1.64. The Balaban J connectivity index is 1.70. The summed E-state index contributed by atoms with van der Waals surface area (Å²) in [5, 5.41) is 3.35. The molecule has 0 amide bonds. The van der Waals surface area contributed by atoms with Crippen LogP contribution in [0.4, 0.5) is 0 Å². The van der Waals surface area contributed by atoms with Crippen LogP contribution in [0.3, 0.4) is 0 Å². The molecule has 1 N–H and O–H groups in total. The molecular weight excluding hydrogens is 276 g/mol. The number of nitrogens with zero attached hydrogens (tertiary/aromatic N) is 1. The Morgan fingerprint density at radius 1 is 1.14 bits per heavy atom. The highest BCUT2D eigenvalue weighted by Crippen LogP contribution is 2.23. The maximum Gasteiger partial charge on any atom is 0.146 e. The summed E-state index contributed by atoms with van der Waals surface area (Å²) < 4.78 is 10.9. The highest BCUT2D eigenvalue weighted by atomic mass is 16.5. The first-order valence-corrected chi connectivity index (χ1v) is 7.35. The zero-order valence-electron chi connectivity index (χ0n) is 12.5. The molecule has 0 unspecified atom stereocenters. The van der Waals surface area contributed by atoms with E-state index in [4.69, 9.17) is 9.47 Å². The molecule has 1 aliphatic heterocycles. The van der Waals surface area contributed by atoms with Gasteiger partial charge in [-0.05, 0) is 49.7 Å². The summed E-state index contributed by atoms with van der Waals surface area (Å²) in [6.07, 6.45) is 5.74. The Labute approximate surface area is 130 Å². The van der Waals surface area contributed by atoms with Crippen LogP contribution in [0, 0.1) is 11.8 Å². The minimum Gasteiger partial charge on any atom is -0.497 e. The Morgan fingerprint density at radius 2 is 1.95 bits per heavy atom. The smallest absolute Gasteiger partial charge is 0.146 e. The van der Waals surface area contributed by atoms with Crippen LogP contribution in [-0.4, -0.2) is 24.7 Å². The Bertz CT molecular complexity index is 680. The van der Waals surface area contributed by atoms with Gasteiger partial charge >= 0.3 is 0 Å². The van der Waals surface area contributed by atoms with E-state index in [0.717, 1.165) is 30.0 Å². The van der Waals surface area contributed by atoms with E-state index in [1.807, 2.05) is 30.3 Å². The maximum atomic E-state index is 5.79. The summed E-state index contributed by atoms with van der Waals surface area (Å²) in [6.45, 7) is 1.05. The topological polar surface area (TPSA) is 43.4 Å². The van der Waals surface area contributed by atoms with E-state index >= 15 is 0 Å². The van der Waals surface area contributed by atoms with Crippen LogP contribution in [-0.2, 0) is 0 Å². The van der Waals surface area contributed by atoms with Crippen molar-refractivity contribution in [1.82, 2.24) is 10.3 Å². The number of benzene rings is 1. The number of methoxy groups -OCH3 is 1. The summed E-state index contributed by atoms with van der Waals surface area (Å²) in [6, 6.07) is 9.64. The average Bonchev–Trinajstić information content (AvgIpc) is 3.08. The zero-order chi connectivity index (χ0) is 15.2. The van der Waals surface area contributed by atoms with Crippen molar-refractivity contribution in [3.05, 3.63) is 48.3 Å². The van der Waals surface area contributed by atoms with Crippen LogP contribution in [0.2, 0.25) is 0 Å². The quantitative estimate of drug-likeness (QED) is 0.884. The van der Waals surface area contributed by atoms with E-state index in [9.17, 15) is 0 Å². The standard InChI is InChI=1S/C18H18N2O2/c1-21-16-6-8-17(9-7-16)22-18-11-14(12-19-13-18)4-5-15-3-2-10-20-15/h6-9,11-13,15,20H,2-3,10H2,1H3/t15-/m0/s1. The molecule has 2 aromatic rings. The normalized spacial score (nSPS) is 16.7. The van der Waals surface area contributed by atoms with Crippen molar-refractivity contribution in [3.8, 4) is 29.1 Å². The second kappa shape index (κ2) is 6.97. The first kappa shape index (κ1) is 14.4. The van der Waals surface area contributed by atoms with Gasteiger partial charge in [-0.3, -0.25) is 4.98 Å². The molecule has 0 saturated carbocycles. The molecule has 0 spiro atoms. The number of rotatable bonds is 3. The van der Waals surface area contributed by atoms with E-state index in [2.05, 4.69) is 22.1 Å². The van der Waals surface area contributed by atoms with Crippen LogP contribution < -0.4 is 14.8 Å². The molecule has 0 aliphatic carbocycles. The lowest BCUT2D eigenvalue weighted by Crippen LogP contribution is -2.18. The number of hydrogen-bond donors (Lipinski definition) is 1.